The number of allylic oxidation sites excluding steroid dienone is 1. The fraction of sp³-hybridized carbons (Fsp3) is 0.500. The Kier molecular flexibility index (Phi) is 6.31. The van der Waals surface area contributed by atoms with Gasteiger partial charge < -0.3 is 14.8 Å². The number of nitrogens with one attached hydrogen (secondary N) is 1. The summed E-state index contributed by atoms with van der Waals surface area (Å²) in [6.45, 7) is 2.44. The van der Waals surface area contributed by atoms with E-state index >= 15 is 0 Å². The smallest absolute Gasteiger partial charge is 0.260 e. The molecule has 1 aromatic rings. The van der Waals surface area contributed by atoms with Crippen LogP contribution in [-0.2, 0) is 4.79 Å². The number of carbonyl (C=O) groups is 1. The summed E-state index contributed by atoms with van der Waals surface area (Å²) in [6, 6.07) is 7.28. The van der Waals surface area contributed by atoms with Crippen molar-refractivity contribution in [3.8, 4) is 11.5 Å². The van der Waals surface area contributed by atoms with E-state index in [0.717, 1.165) is 6.42 Å². The van der Waals surface area contributed by atoms with Crippen molar-refractivity contribution in [3.63, 3.8) is 0 Å². The summed E-state index contributed by atoms with van der Waals surface area (Å²) < 4.78 is 10.8. The third-order valence-corrected chi connectivity index (χ3v) is 3.85. The lowest BCUT2D eigenvalue weighted by atomic mass is 9.97. The van der Waals surface area contributed by atoms with Crippen LogP contribution in [0.1, 0.15) is 39.0 Å². The third kappa shape index (κ3) is 5.10. The number of carbonyl (C=O) groups excluding carboxylic acids is 1. The SMILES string of the molecule is COc1cccc(OC(C)C(=O)NCCC2=CCCCC2)c1. The first-order valence-corrected chi connectivity index (χ1v) is 7.95. The van der Waals surface area contributed by atoms with Gasteiger partial charge in [0, 0.05) is 12.6 Å². The second-order valence-electron chi connectivity index (χ2n) is 5.59. The van der Waals surface area contributed by atoms with Gasteiger partial charge in [0.2, 0.25) is 0 Å². The summed E-state index contributed by atoms with van der Waals surface area (Å²) in [5, 5.41) is 2.94. The number of hydrogen-bond acceptors (Lipinski definition) is 3. The van der Waals surface area contributed by atoms with Crippen LogP contribution in [0.25, 0.3) is 0 Å². The monoisotopic (exact) mass is 303 g/mol. The molecule has 1 atom stereocenters. The minimum Gasteiger partial charge on any atom is -0.497 e. The molecule has 22 heavy (non-hydrogen) atoms. The summed E-state index contributed by atoms with van der Waals surface area (Å²) in [5.41, 5.74) is 1.47. The van der Waals surface area contributed by atoms with Crippen molar-refractivity contribution >= 4 is 5.91 Å². The fourth-order valence-electron chi connectivity index (χ4n) is 2.55. The maximum absolute atomic E-state index is 12.1. The van der Waals surface area contributed by atoms with Gasteiger partial charge in [-0.1, -0.05) is 17.7 Å². The van der Waals surface area contributed by atoms with Crippen LogP contribution in [0.5, 0.6) is 11.5 Å². The van der Waals surface area contributed by atoms with Crippen molar-refractivity contribution < 1.29 is 14.3 Å². The van der Waals surface area contributed by atoms with Crippen LogP contribution in [0, 0.1) is 0 Å². The first-order chi connectivity index (χ1) is 10.7. The molecular formula is C18H25NO3. The predicted octanol–water partition coefficient (Wildman–Crippen LogP) is 3.47. The molecule has 0 heterocycles. The summed E-state index contributed by atoms with van der Waals surface area (Å²) in [4.78, 5) is 12.1. The molecule has 1 aliphatic carbocycles. The van der Waals surface area contributed by atoms with Crippen molar-refractivity contribution in [1.29, 1.82) is 0 Å². The Labute approximate surface area is 132 Å². The van der Waals surface area contributed by atoms with Crippen LogP contribution >= 0.6 is 0 Å². The second-order valence-corrected chi connectivity index (χ2v) is 5.59. The molecule has 0 fully saturated rings. The summed E-state index contributed by atoms with van der Waals surface area (Å²) in [5.74, 6) is 1.27. The molecule has 0 aliphatic heterocycles. The summed E-state index contributed by atoms with van der Waals surface area (Å²) in [6.07, 6.45) is 7.65. The first kappa shape index (κ1) is 16.4. The normalized spacial score (nSPS) is 15.6. The van der Waals surface area contributed by atoms with E-state index in [4.69, 9.17) is 9.47 Å². The highest BCUT2D eigenvalue weighted by Gasteiger charge is 2.14. The molecule has 1 aromatic carbocycles. The van der Waals surface area contributed by atoms with E-state index in [2.05, 4.69) is 11.4 Å². The van der Waals surface area contributed by atoms with Gasteiger partial charge in [-0.3, -0.25) is 4.79 Å². The molecule has 1 aliphatic rings. The molecule has 120 valence electrons. The highest BCUT2D eigenvalue weighted by atomic mass is 16.5. The molecule has 0 radical (unpaired) electrons. The molecule has 0 aromatic heterocycles. The van der Waals surface area contributed by atoms with Gasteiger partial charge in [-0.05, 0) is 51.2 Å². The standard InChI is InChI=1S/C18H25NO3/c1-14(22-17-10-6-9-16(13-17)21-2)18(20)19-12-11-15-7-4-3-5-8-15/h6-7,9-10,13-14H,3-5,8,11-12H2,1-2H3,(H,19,20). The minimum atomic E-state index is -0.521. The molecule has 0 spiro atoms. The van der Waals surface area contributed by atoms with Crippen molar-refractivity contribution in [3.05, 3.63) is 35.9 Å². The van der Waals surface area contributed by atoms with Crippen molar-refractivity contribution in [2.75, 3.05) is 13.7 Å². The molecule has 4 heteroatoms. The third-order valence-electron chi connectivity index (χ3n) is 3.85. The number of methoxy groups -OCH3 is 1. The van der Waals surface area contributed by atoms with E-state index in [0.29, 0.717) is 18.0 Å². The lowest BCUT2D eigenvalue weighted by Crippen LogP contribution is -2.36. The molecule has 4 nitrogen and oxygen atoms in total. The van der Waals surface area contributed by atoms with Gasteiger partial charge in [-0.15, -0.1) is 0 Å². The van der Waals surface area contributed by atoms with Crippen LogP contribution in [0.15, 0.2) is 35.9 Å². The zero-order chi connectivity index (χ0) is 15.8. The maximum atomic E-state index is 12.1. The molecule has 0 saturated heterocycles. The number of hydrogen-bond donors (Lipinski definition) is 1. The topological polar surface area (TPSA) is 47.6 Å². The first-order valence-electron chi connectivity index (χ1n) is 7.95. The quantitative estimate of drug-likeness (QED) is 0.785. The number of rotatable bonds is 7. The molecule has 0 bridgehead atoms. The van der Waals surface area contributed by atoms with Gasteiger partial charge in [0.1, 0.15) is 11.5 Å². The Hall–Kier alpha value is -1.97. The highest BCUT2D eigenvalue weighted by molar-refractivity contribution is 5.80. The van der Waals surface area contributed by atoms with E-state index in [-0.39, 0.29) is 5.91 Å². The molecular weight excluding hydrogens is 278 g/mol. The van der Waals surface area contributed by atoms with Crippen molar-refractivity contribution in [2.45, 2.75) is 45.1 Å². The summed E-state index contributed by atoms with van der Waals surface area (Å²) in [7, 11) is 1.61. The Bertz CT molecular complexity index is 525. The predicted molar refractivity (Wildman–Crippen MR) is 87.3 cm³/mol. The van der Waals surface area contributed by atoms with Gasteiger partial charge in [0.05, 0.1) is 7.11 Å². The Balaban J connectivity index is 1.75. The van der Waals surface area contributed by atoms with Crippen molar-refractivity contribution in [1.82, 2.24) is 5.32 Å². The average Bonchev–Trinajstić information content (AvgIpc) is 2.56. The van der Waals surface area contributed by atoms with Crippen LogP contribution in [0.2, 0.25) is 0 Å². The number of amides is 1. The van der Waals surface area contributed by atoms with E-state index in [1.165, 1.54) is 31.3 Å². The number of ether oxygens (including phenoxy) is 2. The molecule has 1 N–H and O–H groups in total. The van der Waals surface area contributed by atoms with Gasteiger partial charge >= 0.3 is 0 Å². The second kappa shape index (κ2) is 8.47. The van der Waals surface area contributed by atoms with Gasteiger partial charge in [0.25, 0.3) is 5.91 Å². The molecule has 2 rings (SSSR count). The van der Waals surface area contributed by atoms with Gasteiger partial charge in [-0.25, -0.2) is 0 Å². The molecule has 1 unspecified atom stereocenters. The number of benzene rings is 1. The molecule has 0 saturated carbocycles. The van der Waals surface area contributed by atoms with Crippen LogP contribution in [0.3, 0.4) is 0 Å². The largest absolute Gasteiger partial charge is 0.497 e. The zero-order valence-corrected chi connectivity index (χ0v) is 13.4. The Morgan fingerprint density at radius 3 is 2.86 bits per heavy atom. The lowest BCUT2D eigenvalue weighted by molar-refractivity contribution is -0.127. The van der Waals surface area contributed by atoms with E-state index in [1.54, 1.807) is 20.1 Å². The minimum absolute atomic E-state index is 0.0840. The lowest BCUT2D eigenvalue weighted by Gasteiger charge is -2.16. The Morgan fingerprint density at radius 1 is 1.32 bits per heavy atom. The van der Waals surface area contributed by atoms with E-state index < -0.39 is 6.10 Å². The van der Waals surface area contributed by atoms with Gasteiger partial charge in [-0.2, -0.15) is 0 Å². The van der Waals surface area contributed by atoms with Crippen molar-refractivity contribution in [2.24, 2.45) is 0 Å². The molecule has 1 amide bonds. The Morgan fingerprint density at radius 2 is 2.14 bits per heavy atom. The van der Waals surface area contributed by atoms with Crippen LogP contribution in [0.4, 0.5) is 0 Å². The highest BCUT2D eigenvalue weighted by Crippen LogP contribution is 2.20. The zero-order valence-electron chi connectivity index (χ0n) is 13.4. The summed E-state index contributed by atoms with van der Waals surface area (Å²) >= 11 is 0. The van der Waals surface area contributed by atoms with E-state index in [9.17, 15) is 4.79 Å². The van der Waals surface area contributed by atoms with Crippen LogP contribution in [-0.4, -0.2) is 25.7 Å². The van der Waals surface area contributed by atoms with Gasteiger partial charge in [0.15, 0.2) is 6.10 Å². The van der Waals surface area contributed by atoms with E-state index in [1.807, 2.05) is 18.2 Å². The maximum Gasteiger partial charge on any atom is 0.260 e. The van der Waals surface area contributed by atoms with Crippen LogP contribution < -0.4 is 14.8 Å². The fourth-order valence-corrected chi connectivity index (χ4v) is 2.55. The average molecular weight is 303 g/mol.